The molecule has 0 saturated carbocycles. The second kappa shape index (κ2) is 12.8. The van der Waals surface area contributed by atoms with Crippen molar-refractivity contribution in [3.8, 4) is 16.9 Å². The molecule has 8 heteroatoms. The first-order valence-corrected chi connectivity index (χ1v) is 13.9. The molecule has 7 nitrogen and oxygen atoms in total. The number of fused-ring (bicyclic) bond motifs is 1. The second-order valence-corrected chi connectivity index (χ2v) is 9.91. The largest absolute Gasteiger partial charge is 0.495 e. The third-order valence-electron chi connectivity index (χ3n) is 7.12. The molecule has 0 bridgehead atoms. The molecule has 5 rings (SSSR count). The quantitative estimate of drug-likeness (QED) is 0.255. The van der Waals surface area contributed by atoms with Crippen molar-refractivity contribution in [2.45, 2.75) is 60.0 Å². The van der Waals surface area contributed by atoms with Crippen LogP contribution in [-0.4, -0.2) is 59.1 Å². The van der Waals surface area contributed by atoms with Crippen LogP contribution in [-0.2, 0) is 24.1 Å². The fraction of sp³-hybridized carbons (Fsp3) is 0.467. The van der Waals surface area contributed by atoms with Crippen LogP contribution in [0.2, 0.25) is 5.02 Å². The van der Waals surface area contributed by atoms with Crippen molar-refractivity contribution >= 4 is 22.6 Å². The van der Waals surface area contributed by atoms with Crippen molar-refractivity contribution < 1.29 is 14.0 Å². The van der Waals surface area contributed by atoms with Crippen molar-refractivity contribution in [1.29, 1.82) is 0 Å². The fourth-order valence-corrected chi connectivity index (χ4v) is 5.42. The monoisotopic (exact) mass is 538 g/mol. The molecule has 2 aromatic carbocycles. The number of hydrogen-bond acceptors (Lipinski definition) is 6. The molecule has 0 aliphatic carbocycles. The van der Waals surface area contributed by atoms with E-state index in [4.69, 9.17) is 30.6 Å². The van der Waals surface area contributed by atoms with Crippen molar-refractivity contribution in [3.05, 3.63) is 64.3 Å². The molecule has 0 radical (unpaired) electrons. The molecule has 0 amide bonds. The van der Waals surface area contributed by atoms with Gasteiger partial charge in [-0.2, -0.15) is 0 Å². The van der Waals surface area contributed by atoms with Gasteiger partial charge in [-0.25, -0.2) is 4.98 Å². The molecule has 2 aromatic heterocycles. The van der Waals surface area contributed by atoms with Gasteiger partial charge >= 0.3 is 0 Å². The predicted octanol–water partition coefficient (Wildman–Crippen LogP) is 6.50. The van der Waals surface area contributed by atoms with E-state index in [2.05, 4.69) is 45.8 Å². The number of halogens is 1. The van der Waals surface area contributed by atoms with Gasteiger partial charge in [0.15, 0.2) is 0 Å². The highest BCUT2D eigenvalue weighted by Crippen LogP contribution is 2.31. The SMILES string of the molecule is CC.COc1ccc(CCc2nc3cc(-c4c(C)noc4C)ccc3n2CC(C)N2CCOCC2)cc1Cl. The Morgan fingerprint density at radius 1 is 1.05 bits per heavy atom. The van der Waals surface area contributed by atoms with Crippen LogP contribution in [0.4, 0.5) is 0 Å². The number of nitrogens with zero attached hydrogens (tertiary/aromatic N) is 4. The molecule has 1 aliphatic heterocycles. The lowest BCUT2D eigenvalue weighted by atomic mass is 10.0. The van der Waals surface area contributed by atoms with Crippen LogP contribution in [0.5, 0.6) is 5.75 Å². The summed E-state index contributed by atoms with van der Waals surface area (Å²) in [7, 11) is 1.63. The Bertz CT molecular complexity index is 1340. The molecular weight excluding hydrogens is 500 g/mol. The summed E-state index contributed by atoms with van der Waals surface area (Å²) in [6, 6.07) is 12.9. The van der Waals surface area contributed by atoms with Gasteiger partial charge in [0.05, 0.1) is 42.1 Å². The van der Waals surface area contributed by atoms with Gasteiger partial charge < -0.3 is 18.6 Å². The van der Waals surface area contributed by atoms with E-state index in [0.29, 0.717) is 16.8 Å². The average molecular weight is 539 g/mol. The number of imidazole rings is 1. The van der Waals surface area contributed by atoms with Gasteiger partial charge in [0.1, 0.15) is 17.3 Å². The number of ether oxygens (including phenoxy) is 2. The first-order valence-electron chi connectivity index (χ1n) is 13.5. The zero-order valence-electron chi connectivity index (χ0n) is 23.4. The van der Waals surface area contributed by atoms with E-state index in [1.807, 2.05) is 39.8 Å². The standard InChI is InChI=1S/C28H33ClN4O3.C2H6/c1-18(32-11-13-35-14-12-32)17-33-25-8-7-22(28-19(2)31-36-20(28)3)16-24(25)30-27(33)10-6-21-5-9-26(34-4)23(29)15-21;1-2/h5,7-9,15-16,18H,6,10-14,17H2,1-4H3;1-2H3. The van der Waals surface area contributed by atoms with Crippen LogP contribution >= 0.6 is 11.6 Å². The first-order chi connectivity index (χ1) is 18.4. The van der Waals surface area contributed by atoms with Crippen LogP contribution in [0.25, 0.3) is 22.2 Å². The number of hydrogen-bond donors (Lipinski definition) is 0. The summed E-state index contributed by atoms with van der Waals surface area (Å²) in [5.74, 6) is 2.59. The average Bonchev–Trinajstić information content (AvgIpc) is 3.46. The van der Waals surface area contributed by atoms with Crippen LogP contribution in [0.1, 0.15) is 43.6 Å². The van der Waals surface area contributed by atoms with Gasteiger partial charge in [-0.15, -0.1) is 0 Å². The van der Waals surface area contributed by atoms with Crippen molar-refractivity contribution in [2.24, 2.45) is 0 Å². The highest BCUT2D eigenvalue weighted by atomic mass is 35.5. The van der Waals surface area contributed by atoms with E-state index in [1.165, 1.54) is 0 Å². The number of morpholine rings is 1. The van der Waals surface area contributed by atoms with E-state index in [0.717, 1.165) is 90.7 Å². The van der Waals surface area contributed by atoms with Gasteiger partial charge in [-0.05, 0) is 62.6 Å². The molecule has 1 saturated heterocycles. The van der Waals surface area contributed by atoms with E-state index in [9.17, 15) is 0 Å². The zero-order chi connectivity index (χ0) is 27.2. The third kappa shape index (κ3) is 6.06. The highest BCUT2D eigenvalue weighted by Gasteiger charge is 2.21. The van der Waals surface area contributed by atoms with E-state index in [-0.39, 0.29) is 0 Å². The summed E-state index contributed by atoms with van der Waals surface area (Å²) in [4.78, 5) is 7.62. The Morgan fingerprint density at radius 2 is 1.82 bits per heavy atom. The molecule has 1 fully saturated rings. The molecule has 3 heterocycles. The second-order valence-electron chi connectivity index (χ2n) is 9.51. The summed E-state index contributed by atoms with van der Waals surface area (Å²) in [6.45, 7) is 14.6. The highest BCUT2D eigenvalue weighted by molar-refractivity contribution is 6.32. The normalized spacial score (nSPS) is 14.8. The summed E-state index contributed by atoms with van der Waals surface area (Å²) in [5, 5.41) is 4.77. The van der Waals surface area contributed by atoms with Gasteiger partial charge in [-0.3, -0.25) is 4.90 Å². The lowest BCUT2D eigenvalue weighted by Gasteiger charge is -2.32. The first kappa shape index (κ1) is 28.1. The molecule has 0 spiro atoms. The predicted molar refractivity (Wildman–Crippen MR) is 153 cm³/mol. The van der Waals surface area contributed by atoms with Crippen molar-refractivity contribution in [3.63, 3.8) is 0 Å². The van der Waals surface area contributed by atoms with Crippen LogP contribution < -0.4 is 4.74 Å². The number of benzene rings is 2. The maximum absolute atomic E-state index is 6.38. The summed E-state index contributed by atoms with van der Waals surface area (Å²) in [5.41, 5.74) is 6.32. The molecule has 4 aromatic rings. The Balaban J connectivity index is 0.00000164. The van der Waals surface area contributed by atoms with Crippen molar-refractivity contribution in [1.82, 2.24) is 19.6 Å². The maximum Gasteiger partial charge on any atom is 0.141 e. The lowest BCUT2D eigenvalue weighted by Crippen LogP contribution is -2.44. The smallest absolute Gasteiger partial charge is 0.141 e. The maximum atomic E-state index is 6.38. The zero-order valence-corrected chi connectivity index (χ0v) is 24.1. The Morgan fingerprint density at radius 3 is 2.47 bits per heavy atom. The fourth-order valence-electron chi connectivity index (χ4n) is 5.14. The van der Waals surface area contributed by atoms with Gasteiger partial charge in [0, 0.05) is 37.7 Å². The van der Waals surface area contributed by atoms with Crippen LogP contribution in [0, 0.1) is 13.8 Å². The molecule has 1 atom stereocenters. The Labute approximate surface area is 230 Å². The summed E-state index contributed by atoms with van der Waals surface area (Å²) < 4.78 is 18.7. The number of aryl methyl sites for hydroxylation is 4. The molecular formula is C30H39ClN4O3. The summed E-state index contributed by atoms with van der Waals surface area (Å²) >= 11 is 6.38. The van der Waals surface area contributed by atoms with Crippen LogP contribution in [0.3, 0.4) is 0 Å². The van der Waals surface area contributed by atoms with E-state index >= 15 is 0 Å². The lowest BCUT2D eigenvalue weighted by molar-refractivity contribution is 0.0170. The van der Waals surface area contributed by atoms with Gasteiger partial charge in [0.25, 0.3) is 0 Å². The number of aromatic nitrogens is 3. The third-order valence-corrected chi connectivity index (χ3v) is 7.41. The molecule has 0 N–H and O–H groups in total. The minimum absolute atomic E-state index is 0.378. The number of rotatable bonds is 8. The van der Waals surface area contributed by atoms with Gasteiger partial charge in [-0.1, -0.05) is 42.7 Å². The minimum atomic E-state index is 0.378. The Hall–Kier alpha value is -2.87. The number of methoxy groups -OCH3 is 1. The summed E-state index contributed by atoms with van der Waals surface area (Å²) in [6.07, 6.45) is 1.66. The molecule has 1 aliphatic rings. The Kier molecular flexibility index (Phi) is 9.47. The molecule has 1 unspecified atom stereocenters. The van der Waals surface area contributed by atoms with E-state index in [1.54, 1.807) is 7.11 Å². The minimum Gasteiger partial charge on any atom is -0.495 e. The van der Waals surface area contributed by atoms with Crippen LogP contribution in [0.15, 0.2) is 40.9 Å². The van der Waals surface area contributed by atoms with Crippen molar-refractivity contribution in [2.75, 3.05) is 33.4 Å². The van der Waals surface area contributed by atoms with E-state index < -0.39 is 0 Å². The molecule has 204 valence electrons. The molecule has 38 heavy (non-hydrogen) atoms. The topological polar surface area (TPSA) is 65.6 Å². The van der Waals surface area contributed by atoms with Gasteiger partial charge in [0.2, 0.25) is 0 Å².